The lowest BCUT2D eigenvalue weighted by atomic mass is 9.86. The molecular formula is C56H51N3O2. The first-order chi connectivity index (χ1) is 29.4. The van der Waals surface area contributed by atoms with Crippen molar-refractivity contribution in [3.63, 3.8) is 0 Å². The Morgan fingerprint density at radius 3 is 1.15 bits per heavy atom. The lowest BCUT2D eigenvalue weighted by Gasteiger charge is -2.20. The molecule has 0 amide bonds. The summed E-state index contributed by atoms with van der Waals surface area (Å²) in [5, 5.41) is 1.93. The number of allylic oxidation sites excluding steroid dienone is 4. The number of aromatic amines is 1. The Labute approximate surface area is 359 Å². The molecule has 9 rings (SSSR count). The monoisotopic (exact) mass is 797 g/mol. The predicted octanol–water partition coefficient (Wildman–Crippen LogP) is 11.3. The molecule has 6 aromatic rings. The molecule has 4 heterocycles. The van der Waals surface area contributed by atoms with Crippen LogP contribution in [0.2, 0.25) is 0 Å². The van der Waals surface area contributed by atoms with Gasteiger partial charge in [0.2, 0.25) is 0 Å². The molecule has 3 aliphatic heterocycles. The van der Waals surface area contributed by atoms with Crippen LogP contribution in [0.4, 0.5) is 0 Å². The molecular weight excluding hydrogens is 747 g/mol. The van der Waals surface area contributed by atoms with Crippen LogP contribution in [0.5, 0.6) is 11.5 Å². The van der Waals surface area contributed by atoms with Gasteiger partial charge in [0.05, 0.1) is 37.0 Å². The van der Waals surface area contributed by atoms with Gasteiger partial charge in [0.15, 0.2) is 0 Å². The Morgan fingerprint density at radius 1 is 0.410 bits per heavy atom. The highest BCUT2D eigenvalue weighted by Gasteiger charge is 2.27. The summed E-state index contributed by atoms with van der Waals surface area (Å²) in [5.74, 6) is 1.36. The van der Waals surface area contributed by atoms with Crippen LogP contribution in [0, 0.1) is 0 Å². The molecule has 0 radical (unpaired) electrons. The average molecular weight is 798 g/mol. The van der Waals surface area contributed by atoms with E-state index in [9.17, 15) is 0 Å². The van der Waals surface area contributed by atoms with Crippen molar-refractivity contribution in [3.8, 4) is 11.5 Å². The molecule has 0 saturated carbocycles. The van der Waals surface area contributed by atoms with E-state index >= 15 is 0 Å². The number of hydrogen-bond donors (Lipinski definition) is 1. The van der Waals surface area contributed by atoms with Gasteiger partial charge >= 0.3 is 0 Å². The van der Waals surface area contributed by atoms with Gasteiger partial charge in [0.25, 0.3) is 0 Å². The number of aliphatic imine (C=N–C) groups is 2. The SMILES string of the molecule is COc1cc(OC)c2cc1C(c1ccccc1)=C1C=CC(=N1)C(c1ccc(C(C)(C)C)cc1)=c1ccc([nH]1)=C(c1ccc(C(C)(C)C)cc1)C1=NC(=C2c2ccccc2)C=C1. The summed E-state index contributed by atoms with van der Waals surface area (Å²) in [7, 11) is 3.43. The quantitative estimate of drug-likeness (QED) is 0.182. The fourth-order valence-corrected chi connectivity index (χ4v) is 8.51. The molecule has 1 aromatic heterocycles. The van der Waals surface area contributed by atoms with Gasteiger partial charge in [-0.25, -0.2) is 9.98 Å². The first-order valence-electron chi connectivity index (χ1n) is 21.0. The summed E-state index contributed by atoms with van der Waals surface area (Å²) in [5.41, 5.74) is 15.9. The first kappa shape index (κ1) is 39.5. The highest BCUT2D eigenvalue weighted by atomic mass is 16.5. The average Bonchev–Trinajstić information content (AvgIpc) is 4.05. The summed E-state index contributed by atoms with van der Waals surface area (Å²) >= 11 is 0. The highest BCUT2D eigenvalue weighted by Crippen LogP contribution is 2.44. The van der Waals surface area contributed by atoms with Gasteiger partial charge < -0.3 is 14.5 Å². The van der Waals surface area contributed by atoms with E-state index < -0.39 is 0 Å². The minimum atomic E-state index is 0.0143. The third-order valence-corrected chi connectivity index (χ3v) is 11.8. The minimum absolute atomic E-state index is 0.0143. The van der Waals surface area contributed by atoms with E-state index in [2.05, 4.69) is 186 Å². The maximum atomic E-state index is 6.22. The number of methoxy groups -OCH3 is 2. The van der Waals surface area contributed by atoms with Gasteiger partial charge in [-0.15, -0.1) is 0 Å². The van der Waals surface area contributed by atoms with Crippen LogP contribution in [-0.2, 0) is 10.8 Å². The third-order valence-electron chi connectivity index (χ3n) is 11.8. The van der Waals surface area contributed by atoms with E-state index in [-0.39, 0.29) is 10.8 Å². The highest BCUT2D eigenvalue weighted by molar-refractivity contribution is 6.31. The smallest absolute Gasteiger partial charge is 0.130 e. The fourth-order valence-electron chi connectivity index (χ4n) is 8.51. The maximum Gasteiger partial charge on any atom is 0.130 e. The second kappa shape index (κ2) is 15.6. The zero-order chi connectivity index (χ0) is 42.5. The molecule has 5 nitrogen and oxygen atoms in total. The minimum Gasteiger partial charge on any atom is -0.496 e. The lowest BCUT2D eigenvalue weighted by Crippen LogP contribution is -2.21. The number of fused-ring (bicyclic) bond motifs is 6. The standard InChI is InChI=1S/C56H51N3O2/c1-55(2,3)39-23-19-37(20-24-39)53-45-29-27-43(57-45)51(35-15-11-9-12-16-35)41-33-42(50(61-8)34-49(41)60-7)52(36-17-13-10-14-18-36)44-28-30-46(58-44)54(48-32-31-47(53)59-48)38-21-25-40(26-22-38)56(4,5)6/h9-34,59H,1-8H3. The molecule has 3 aliphatic rings. The van der Waals surface area contributed by atoms with Gasteiger partial charge in [-0.1, -0.05) is 151 Å². The van der Waals surface area contributed by atoms with Gasteiger partial charge in [-0.2, -0.15) is 0 Å². The number of H-pyrrole nitrogens is 1. The van der Waals surface area contributed by atoms with Crippen molar-refractivity contribution < 1.29 is 9.47 Å². The molecule has 0 spiro atoms. The molecule has 1 N–H and O–H groups in total. The van der Waals surface area contributed by atoms with Crippen LogP contribution >= 0.6 is 0 Å². The Kier molecular flexibility index (Phi) is 10.1. The summed E-state index contributed by atoms with van der Waals surface area (Å²) in [6.07, 6.45) is 8.55. The Balaban J connectivity index is 1.44. The first-order valence-corrected chi connectivity index (χ1v) is 21.0. The topological polar surface area (TPSA) is 59.0 Å². The fraction of sp³-hybridized carbons (Fsp3) is 0.179. The zero-order valence-electron chi connectivity index (χ0n) is 36.2. The summed E-state index contributed by atoms with van der Waals surface area (Å²) < 4.78 is 12.4. The number of benzene rings is 5. The summed E-state index contributed by atoms with van der Waals surface area (Å²) in [6.45, 7) is 13.5. The molecule has 5 aromatic carbocycles. The van der Waals surface area contributed by atoms with Crippen molar-refractivity contribution in [1.29, 1.82) is 0 Å². The Hall–Kier alpha value is -6.98. The van der Waals surface area contributed by atoms with Crippen LogP contribution in [-0.4, -0.2) is 30.6 Å². The van der Waals surface area contributed by atoms with Crippen molar-refractivity contribution >= 4 is 33.7 Å². The van der Waals surface area contributed by atoms with Gasteiger partial charge in [0, 0.05) is 50.2 Å². The lowest BCUT2D eigenvalue weighted by molar-refractivity contribution is 0.393. The van der Waals surface area contributed by atoms with E-state index in [1.54, 1.807) is 14.2 Å². The summed E-state index contributed by atoms with van der Waals surface area (Å²) in [4.78, 5) is 14.9. The molecule has 8 bridgehead atoms. The van der Waals surface area contributed by atoms with Crippen LogP contribution in [0.3, 0.4) is 0 Å². The van der Waals surface area contributed by atoms with E-state index in [0.717, 1.165) is 89.2 Å². The normalized spacial score (nSPS) is 15.1. The van der Waals surface area contributed by atoms with Crippen molar-refractivity contribution in [2.24, 2.45) is 9.98 Å². The second-order valence-corrected chi connectivity index (χ2v) is 17.9. The number of nitrogens with one attached hydrogen (secondary N) is 1. The van der Waals surface area contributed by atoms with Crippen molar-refractivity contribution in [1.82, 2.24) is 4.98 Å². The number of ether oxygens (including phenoxy) is 2. The van der Waals surface area contributed by atoms with Gasteiger partial charge in [-0.05, 0) is 86.7 Å². The van der Waals surface area contributed by atoms with Crippen molar-refractivity contribution in [2.45, 2.75) is 52.4 Å². The molecule has 61 heavy (non-hydrogen) atoms. The third kappa shape index (κ3) is 7.46. The second-order valence-electron chi connectivity index (χ2n) is 17.9. The van der Waals surface area contributed by atoms with Crippen molar-refractivity contribution in [3.05, 3.63) is 224 Å². The Morgan fingerprint density at radius 2 is 0.787 bits per heavy atom. The molecule has 302 valence electrons. The van der Waals surface area contributed by atoms with Crippen LogP contribution in [0.1, 0.15) is 86.1 Å². The van der Waals surface area contributed by atoms with Gasteiger partial charge in [-0.3, -0.25) is 0 Å². The van der Waals surface area contributed by atoms with E-state index in [1.165, 1.54) is 11.1 Å². The molecule has 0 saturated heterocycles. The van der Waals surface area contributed by atoms with Crippen LogP contribution in [0.15, 0.2) is 179 Å². The van der Waals surface area contributed by atoms with Crippen molar-refractivity contribution in [2.75, 3.05) is 14.2 Å². The van der Waals surface area contributed by atoms with Crippen LogP contribution in [0.25, 0.3) is 22.3 Å². The number of nitrogens with zero attached hydrogens (tertiary/aromatic N) is 2. The molecule has 0 aliphatic carbocycles. The van der Waals surface area contributed by atoms with Crippen LogP contribution < -0.4 is 20.2 Å². The molecule has 0 atom stereocenters. The number of rotatable bonds is 6. The molecule has 5 heteroatoms. The number of hydrogen-bond acceptors (Lipinski definition) is 4. The number of aromatic nitrogens is 1. The molecule has 0 fully saturated rings. The van der Waals surface area contributed by atoms with E-state index in [4.69, 9.17) is 19.5 Å². The summed E-state index contributed by atoms with van der Waals surface area (Å²) in [6, 6.07) is 47.3. The van der Waals surface area contributed by atoms with E-state index in [1.807, 2.05) is 18.2 Å². The maximum absolute atomic E-state index is 6.22. The zero-order valence-corrected chi connectivity index (χ0v) is 36.2. The Bertz CT molecular complexity index is 2790. The van der Waals surface area contributed by atoms with E-state index in [0.29, 0.717) is 11.5 Å². The van der Waals surface area contributed by atoms with Gasteiger partial charge in [0.1, 0.15) is 11.5 Å². The largest absolute Gasteiger partial charge is 0.496 e. The predicted molar refractivity (Wildman–Crippen MR) is 253 cm³/mol. The molecule has 0 unspecified atom stereocenters.